The number of rotatable bonds is 2. The zero-order valence-corrected chi connectivity index (χ0v) is 14.1. The molecule has 0 aliphatic carbocycles. The molecule has 0 unspecified atom stereocenters. The number of pyridine rings is 1. The first-order valence-corrected chi connectivity index (χ1v) is 7.84. The van der Waals surface area contributed by atoms with E-state index >= 15 is 0 Å². The molecule has 0 saturated heterocycles. The average Bonchev–Trinajstić information content (AvgIpc) is 2.56. The number of aryl methyl sites for hydroxylation is 2. The smallest absolute Gasteiger partial charge is 0.0709 e. The van der Waals surface area contributed by atoms with E-state index in [0.717, 1.165) is 16.9 Å². The van der Waals surface area contributed by atoms with Crippen LogP contribution < -0.4 is 5.32 Å². The van der Waals surface area contributed by atoms with Gasteiger partial charge in [0.1, 0.15) is 0 Å². The summed E-state index contributed by atoms with van der Waals surface area (Å²) in [4.78, 5) is 4.58. The maximum Gasteiger partial charge on any atom is 0.0709 e. The Morgan fingerprint density at radius 3 is 2.18 bits per heavy atom. The van der Waals surface area contributed by atoms with Crippen molar-refractivity contribution in [2.24, 2.45) is 0 Å². The Bertz CT molecular complexity index is 762. The lowest BCUT2D eigenvalue weighted by Crippen LogP contribution is -1.94. The highest BCUT2D eigenvalue weighted by molar-refractivity contribution is 5.87. The number of hydrogen-bond donors (Lipinski definition) is 1. The molecule has 2 nitrogen and oxygen atoms in total. The molecule has 0 aliphatic heterocycles. The lowest BCUT2D eigenvalue weighted by molar-refractivity contribution is 1.27. The van der Waals surface area contributed by atoms with E-state index in [1.165, 1.54) is 22.1 Å². The van der Waals surface area contributed by atoms with Crippen molar-refractivity contribution < 1.29 is 0 Å². The Labute approximate surface area is 133 Å². The van der Waals surface area contributed by atoms with E-state index in [0.29, 0.717) is 0 Å². The largest absolute Gasteiger partial charge is 0.354 e. The normalized spacial score (nSPS) is 10.0. The summed E-state index contributed by atoms with van der Waals surface area (Å²) in [5, 5.41) is 4.61. The third kappa shape index (κ3) is 3.28. The van der Waals surface area contributed by atoms with Crippen molar-refractivity contribution in [1.29, 1.82) is 0 Å². The Kier molecular flexibility index (Phi) is 5.16. The molecule has 0 radical (unpaired) electrons. The van der Waals surface area contributed by atoms with Crippen LogP contribution in [0.5, 0.6) is 0 Å². The maximum absolute atomic E-state index is 4.58. The zero-order valence-electron chi connectivity index (χ0n) is 14.1. The lowest BCUT2D eigenvalue weighted by atomic mass is 9.99. The first-order chi connectivity index (χ1) is 10.6. The first kappa shape index (κ1) is 16.0. The number of benzene rings is 2. The predicted molar refractivity (Wildman–Crippen MR) is 97.0 cm³/mol. The summed E-state index contributed by atoms with van der Waals surface area (Å²) in [6, 6.07) is 14.5. The molecule has 0 amide bonds. The van der Waals surface area contributed by atoms with Gasteiger partial charge >= 0.3 is 0 Å². The van der Waals surface area contributed by atoms with Gasteiger partial charge in [-0.25, -0.2) is 0 Å². The van der Waals surface area contributed by atoms with Crippen LogP contribution in [-0.2, 0) is 0 Å². The Morgan fingerprint density at radius 2 is 1.50 bits per heavy atom. The minimum atomic E-state index is 1.02. The molecule has 3 aromatic rings. The molecule has 1 heterocycles. The van der Waals surface area contributed by atoms with Crippen LogP contribution in [0.1, 0.15) is 30.5 Å². The molecule has 0 atom stereocenters. The van der Waals surface area contributed by atoms with Gasteiger partial charge in [0.2, 0.25) is 0 Å². The second-order valence-corrected chi connectivity index (χ2v) is 5.23. The summed E-state index contributed by atoms with van der Waals surface area (Å²) in [5.41, 5.74) is 7.11. The summed E-state index contributed by atoms with van der Waals surface area (Å²) in [7, 11) is 0. The quantitative estimate of drug-likeness (QED) is 0.633. The first-order valence-electron chi connectivity index (χ1n) is 7.84. The van der Waals surface area contributed by atoms with Crippen molar-refractivity contribution in [3.05, 3.63) is 65.4 Å². The summed E-state index contributed by atoms with van der Waals surface area (Å²) in [6.45, 7) is 10.5. The molecule has 0 saturated carbocycles. The number of nitrogens with zero attached hydrogens (tertiary/aromatic N) is 1. The van der Waals surface area contributed by atoms with Crippen LogP contribution in [0.3, 0.4) is 0 Å². The fourth-order valence-electron chi connectivity index (χ4n) is 2.46. The highest BCUT2D eigenvalue weighted by atomic mass is 14.9. The van der Waals surface area contributed by atoms with Crippen LogP contribution in [0.4, 0.5) is 11.4 Å². The van der Waals surface area contributed by atoms with Gasteiger partial charge in [0.25, 0.3) is 0 Å². The van der Waals surface area contributed by atoms with Crippen molar-refractivity contribution in [2.75, 3.05) is 5.32 Å². The van der Waals surface area contributed by atoms with Crippen LogP contribution in [0.15, 0.2) is 48.7 Å². The number of anilines is 2. The Hall–Kier alpha value is -2.35. The van der Waals surface area contributed by atoms with Gasteiger partial charge < -0.3 is 5.32 Å². The predicted octanol–water partition coefficient (Wildman–Crippen LogP) is 5.93. The standard InChI is InChI=1S/C18H18N2.C2H6/c1-12-9-18-17(14(3)13(12)2)10-16(11-19-18)20-15-7-5-4-6-8-15;1-2/h4-11,20H,1-3H3;1-2H3. The SMILES string of the molecule is CC.Cc1cc2ncc(Nc3ccccc3)cc2c(C)c1C. The fraction of sp³-hybridized carbons (Fsp3) is 0.250. The van der Waals surface area contributed by atoms with Gasteiger partial charge in [-0.1, -0.05) is 32.0 Å². The van der Waals surface area contributed by atoms with Gasteiger partial charge in [-0.15, -0.1) is 0 Å². The van der Waals surface area contributed by atoms with Crippen LogP contribution in [0.25, 0.3) is 10.9 Å². The van der Waals surface area contributed by atoms with E-state index in [4.69, 9.17) is 0 Å². The molecule has 0 bridgehead atoms. The van der Waals surface area contributed by atoms with E-state index in [-0.39, 0.29) is 0 Å². The summed E-state index contributed by atoms with van der Waals surface area (Å²) < 4.78 is 0. The third-order valence-electron chi connectivity index (χ3n) is 3.89. The average molecular weight is 292 g/mol. The summed E-state index contributed by atoms with van der Waals surface area (Å²) in [6.07, 6.45) is 1.89. The molecule has 1 N–H and O–H groups in total. The van der Waals surface area contributed by atoms with Gasteiger partial charge in [-0.3, -0.25) is 4.98 Å². The van der Waals surface area contributed by atoms with Crippen molar-refractivity contribution in [3.8, 4) is 0 Å². The molecular formula is C20H24N2. The van der Waals surface area contributed by atoms with Gasteiger partial charge in [-0.2, -0.15) is 0 Å². The fourth-order valence-corrected chi connectivity index (χ4v) is 2.46. The van der Waals surface area contributed by atoms with Gasteiger partial charge in [0, 0.05) is 11.1 Å². The van der Waals surface area contributed by atoms with Crippen molar-refractivity contribution in [2.45, 2.75) is 34.6 Å². The van der Waals surface area contributed by atoms with E-state index in [2.05, 4.69) is 55.3 Å². The Balaban J connectivity index is 0.000000847. The molecular weight excluding hydrogens is 268 g/mol. The van der Waals surface area contributed by atoms with E-state index in [1.807, 2.05) is 38.2 Å². The van der Waals surface area contributed by atoms with Crippen LogP contribution >= 0.6 is 0 Å². The van der Waals surface area contributed by atoms with Crippen LogP contribution in [0.2, 0.25) is 0 Å². The lowest BCUT2D eigenvalue weighted by Gasteiger charge is -2.11. The number of para-hydroxylation sites is 1. The van der Waals surface area contributed by atoms with E-state index in [9.17, 15) is 0 Å². The van der Waals surface area contributed by atoms with Crippen molar-refractivity contribution >= 4 is 22.3 Å². The Morgan fingerprint density at radius 1 is 0.818 bits per heavy atom. The molecule has 0 spiro atoms. The summed E-state index contributed by atoms with van der Waals surface area (Å²) in [5.74, 6) is 0. The van der Waals surface area contributed by atoms with Gasteiger partial charge in [-0.05, 0) is 61.7 Å². The molecule has 0 fully saturated rings. The second-order valence-electron chi connectivity index (χ2n) is 5.23. The number of nitrogens with one attached hydrogen (secondary N) is 1. The molecule has 1 aromatic heterocycles. The number of aromatic nitrogens is 1. The molecule has 114 valence electrons. The summed E-state index contributed by atoms with van der Waals surface area (Å²) >= 11 is 0. The second kappa shape index (κ2) is 7.08. The highest BCUT2D eigenvalue weighted by Crippen LogP contribution is 2.26. The van der Waals surface area contributed by atoms with E-state index in [1.54, 1.807) is 0 Å². The number of fused-ring (bicyclic) bond motifs is 1. The highest BCUT2D eigenvalue weighted by Gasteiger charge is 2.06. The molecule has 0 aliphatic rings. The topological polar surface area (TPSA) is 24.9 Å². The third-order valence-corrected chi connectivity index (χ3v) is 3.89. The van der Waals surface area contributed by atoms with Crippen LogP contribution in [-0.4, -0.2) is 4.98 Å². The number of hydrogen-bond acceptors (Lipinski definition) is 2. The molecule has 22 heavy (non-hydrogen) atoms. The molecule has 2 aromatic carbocycles. The maximum atomic E-state index is 4.58. The minimum absolute atomic E-state index is 1.02. The van der Waals surface area contributed by atoms with E-state index < -0.39 is 0 Å². The van der Waals surface area contributed by atoms with Gasteiger partial charge in [0.15, 0.2) is 0 Å². The zero-order chi connectivity index (χ0) is 16.1. The monoisotopic (exact) mass is 292 g/mol. The van der Waals surface area contributed by atoms with Crippen molar-refractivity contribution in [1.82, 2.24) is 4.98 Å². The van der Waals surface area contributed by atoms with Crippen LogP contribution in [0, 0.1) is 20.8 Å². The van der Waals surface area contributed by atoms with Crippen molar-refractivity contribution in [3.63, 3.8) is 0 Å². The minimum Gasteiger partial charge on any atom is -0.354 e. The van der Waals surface area contributed by atoms with Gasteiger partial charge in [0.05, 0.1) is 17.4 Å². The molecule has 2 heteroatoms. The molecule has 3 rings (SSSR count).